The summed E-state index contributed by atoms with van der Waals surface area (Å²) >= 11 is 2.65. The van der Waals surface area contributed by atoms with Gasteiger partial charge in [-0.15, -0.1) is 23.1 Å². The molecule has 4 N–H and O–H groups in total. The average Bonchev–Trinajstić information content (AvgIpc) is 2.63. The molecule has 1 aromatic heterocycles. The summed E-state index contributed by atoms with van der Waals surface area (Å²) in [6, 6.07) is 0. The Labute approximate surface area is 121 Å². The van der Waals surface area contributed by atoms with Gasteiger partial charge in [0, 0.05) is 19.8 Å². The number of hydrogen-bond acceptors (Lipinski definition) is 7. The number of thiophene rings is 1. The largest absolute Gasteiger partial charge is 0.396 e. The normalized spacial score (nSPS) is 11.3. The van der Waals surface area contributed by atoms with Crippen LogP contribution >= 0.6 is 23.1 Å². The molecule has 0 saturated carbocycles. The van der Waals surface area contributed by atoms with Crippen molar-refractivity contribution >= 4 is 49.5 Å². The molecular weight excluding hydrogens is 306 g/mol. The number of amides is 1. The van der Waals surface area contributed by atoms with E-state index in [2.05, 4.69) is 10.6 Å². The quantitative estimate of drug-likeness (QED) is 0.672. The van der Waals surface area contributed by atoms with Crippen molar-refractivity contribution in [1.82, 2.24) is 5.32 Å². The van der Waals surface area contributed by atoms with E-state index in [-0.39, 0.29) is 11.7 Å². The van der Waals surface area contributed by atoms with Gasteiger partial charge in [0.15, 0.2) is 0 Å². The molecule has 1 heterocycles. The number of thioether (sulfide) groups is 1. The molecule has 0 atom stereocenters. The van der Waals surface area contributed by atoms with Crippen molar-refractivity contribution in [3.8, 4) is 0 Å². The molecule has 0 bridgehead atoms. The van der Waals surface area contributed by atoms with Gasteiger partial charge in [-0.2, -0.15) is 0 Å². The third kappa shape index (κ3) is 4.29. The van der Waals surface area contributed by atoms with Crippen LogP contribution in [0.1, 0.15) is 9.67 Å². The minimum atomic E-state index is -3.01. The minimum Gasteiger partial charge on any atom is -0.396 e. The lowest BCUT2D eigenvalue weighted by molar-refractivity contribution is 0.0968. The van der Waals surface area contributed by atoms with Gasteiger partial charge in [0.1, 0.15) is 19.7 Å². The van der Waals surface area contributed by atoms with E-state index < -0.39 is 9.84 Å². The molecule has 0 aromatic carbocycles. The zero-order chi connectivity index (χ0) is 14.6. The van der Waals surface area contributed by atoms with Crippen LogP contribution in [0.3, 0.4) is 0 Å². The van der Waals surface area contributed by atoms with Crippen molar-refractivity contribution < 1.29 is 13.2 Å². The van der Waals surface area contributed by atoms with Crippen molar-refractivity contribution in [2.45, 2.75) is 4.90 Å². The van der Waals surface area contributed by atoms with Gasteiger partial charge in [0.05, 0.1) is 16.3 Å². The van der Waals surface area contributed by atoms with Gasteiger partial charge in [-0.25, -0.2) is 8.42 Å². The fraction of sp³-hybridized carbons (Fsp3) is 0.500. The van der Waals surface area contributed by atoms with Crippen LogP contribution in [0.15, 0.2) is 4.90 Å². The molecular formula is C10H17N3O3S3. The highest BCUT2D eigenvalue weighted by Gasteiger charge is 2.19. The molecule has 0 radical (unpaired) electrons. The van der Waals surface area contributed by atoms with E-state index in [9.17, 15) is 13.2 Å². The summed E-state index contributed by atoms with van der Waals surface area (Å²) in [5.41, 5.74) is 6.35. The number of rotatable bonds is 6. The predicted molar refractivity (Wildman–Crippen MR) is 82.1 cm³/mol. The molecule has 0 spiro atoms. The second kappa shape index (κ2) is 6.49. The van der Waals surface area contributed by atoms with Crippen LogP contribution in [0, 0.1) is 0 Å². The molecule has 19 heavy (non-hydrogen) atoms. The Bertz CT molecular complexity index is 566. The number of nitrogen functional groups attached to an aromatic ring is 1. The van der Waals surface area contributed by atoms with E-state index in [1.807, 2.05) is 6.26 Å². The van der Waals surface area contributed by atoms with Gasteiger partial charge in [0.2, 0.25) is 0 Å². The minimum absolute atomic E-state index is 0.0356. The maximum atomic E-state index is 11.6. The van der Waals surface area contributed by atoms with Gasteiger partial charge in [-0.1, -0.05) is 0 Å². The SMILES string of the molecule is CNC(=O)c1sc(NCCS(C)(=O)=O)c(SC)c1N. The summed E-state index contributed by atoms with van der Waals surface area (Å²) in [4.78, 5) is 12.8. The number of sulfone groups is 1. The highest BCUT2D eigenvalue weighted by molar-refractivity contribution is 7.99. The van der Waals surface area contributed by atoms with E-state index in [1.165, 1.54) is 36.4 Å². The van der Waals surface area contributed by atoms with E-state index in [0.717, 1.165) is 9.90 Å². The second-order valence-electron chi connectivity index (χ2n) is 3.84. The molecule has 0 fully saturated rings. The first-order chi connectivity index (χ1) is 8.80. The Morgan fingerprint density at radius 2 is 2.11 bits per heavy atom. The van der Waals surface area contributed by atoms with Crippen LogP contribution in [0.2, 0.25) is 0 Å². The van der Waals surface area contributed by atoms with Crippen molar-refractivity contribution in [3.63, 3.8) is 0 Å². The summed E-state index contributed by atoms with van der Waals surface area (Å²) in [7, 11) is -1.47. The first kappa shape index (κ1) is 16.1. The Kier molecular flexibility index (Phi) is 5.50. The number of nitrogens with two attached hydrogens (primary N) is 1. The van der Waals surface area contributed by atoms with Crippen molar-refractivity contribution in [2.24, 2.45) is 0 Å². The molecule has 108 valence electrons. The van der Waals surface area contributed by atoms with E-state index in [1.54, 1.807) is 0 Å². The van der Waals surface area contributed by atoms with Crippen molar-refractivity contribution in [1.29, 1.82) is 0 Å². The summed E-state index contributed by atoms with van der Waals surface area (Å²) in [5, 5.41) is 6.27. The van der Waals surface area contributed by atoms with Gasteiger partial charge in [0.25, 0.3) is 5.91 Å². The third-order valence-corrected chi connectivity index (χ3v) is 5.36. The van der Waals surface area contributed by atoms with Crippen LogP contribution in [0.5, 0.6) is 0 Å². The first-order valence-electron chi connectivity index (χ1n) is 5.40. The maximum Gasteiger partial charge on any atom is 0.263 e. The van der Waals surface area contributed by atoms with Crippen molar-refractivity contribution in [3.05, 3.63) is 4.88 Å². The van der Waals surface area contributed by atoms with E-state index >= 15 is 0 Å². The van der Waals surface area contributed by atoms with Crippen LogP contribution in [0.4, 0.5) is 10.7 Å². The molecule has 0 saturated heterocycles. The maximum absolute atomic E-state index is 11.6. The van der Waals surface area contributed by atoms with Crippen LogP contribution in [-0.2, 0) is 9.84 Å². The molecule has 0 aliphatic heterocycles. The second-order valence-corrected chi connectivity index (χ2v) is 7.94. The molecule has 0 aliphatic carbocycles. The van der Waals surface area contributed by atoms with Crippen molar-refractivity contribution in [2.75, 3.05) is 42.9 Å². The van der Waals surface area contributed by atoms with E-state index in [0.29, 0.717) is 17.1 Å². The van der Waals surface area contributed by atoms with Crippen LogP contribution in [0.25, 0.3) is 0 Å². The monoisotopic (exact) mass is 323 g/mol. The Balaban J connectivity index is 2.92. The smallest absolute Gasteiger partial charge is 0.263 e. The fourth-order valence-corrected chi connectivity index (χ4v) is 3.86. The molecule has 1 aromatic rings. The summed E-state index contributed by atoms with van der Waals surface area (Å²) in [6.07, 6.45) is 3.04. The molecule has 0 unspecified atom stereocenters. The number of carbonyl (C=O) groups is 1. The summed E-state index contributed by atoms with van der Waals surface area (Å²) in [5.74, 6) is -0.206. The molecule has 1 rings (SSSR count). The Morgan fingerprint density at radius 3 is 2.58 bits per heavy atom. The third-order valence-electron chi connectivity index (χ3n) is 2.30. The zero-order valence-corrected chi connectivity index (χ0v) is 13.4. The van der Waals surface area contributed by atoms with Gasteiger partial charge >= 0.3 is 0 Å². The number of carbonyl (C=O) groups excluding carboxylic acids is 1. The topological polar surface area (TPSA) is 101 Å². The predicted octanol–water partition coefficient (Wildman–Crippen LogP) is 0.868. The van der Waals surface area contributed by atoms with Crippen LogP contribution < -0.4 is 16.4 Å². The lowest BCUT2D eigenvalue weighted by Gasteiger charge is -2.05. The standard InChI is InChI=1S/C10H17N3O3S3/c1-12-9(14)7-6(11)8(17-2)10(18-7)13-4-5-19(3,15)16/h13H,4-5,11H2,1-3H3,(H,12,14). The molecule has 1 amide bonds. The lowest BCUT2D eigenvalue weighted by Crippen LogP contribution is -2.17. The number of nitrogens with one attached hydrogen (secondary N) is 2. The highest BCUT2D eigenvalue weighted by Crippen LogP contribution is 2.41. The van der Waals surface area contributed by atoms with Gasteiger partial charge < -0.3 is 16.4 Å². The van der Waals surface area contributed by atoms with Crippen LogP contribution in [-0.4, -0.2) is 46.2 Å². The molecule has 9 heteroatoms. The lowest BCUT2D eigenvalue weighted by atomic mass is 10.3. The average molecular weight is 323 g/mol. The van der Waals surface area contributed by atoms with Gasteiger partial charge in [-0.05, 0) is 6.26 Å². The number of hydrogen-bond donors (Lipinski definition) is 3. The summed E-state index contributed by atoms with van der Waals surface area (Å²) in [6.45, 7) is 0.291. The highest BCUT2D eigenvalue weighted by atomic mass is 32.2. The first-order valence-corrected chi connectivity index (χ1v) is 9.50. The zero-order valence-electron chi connectivity index (χ0n) is 10.9. The van der Waals surface area contributed by atoms with E-state index in [4.69, 9.17) is 5.73 Å². The Morgan fingerprint density at radius 1 is 1.47 bits per heavy atom. The molecule has 0 aliphatic rings. The number of anilines is 2. The summed E-state index contributed by atoms with van der Waals surface area (Å²) < 4.78 is 22.1. The van der Waals surface area contributed by atoms with Gasteiger partial charge in [-0.3, -0.25) is 4.79 Å². The molecule has 6 nitrogen and oxygen atoms in total. The fourth-order valence-electron chi connectivity index (χ4n) is 1.38. The Hall–Kier alpha value is -0.930.